The topological polar surface area (TPSA) is 38.8 Å². The van der Waals surface area contributed by atoms with Gasteiger partial charge >= 0.3 is 0 Å². The van der Waals surface area contributed by atoms with Gasteiger partial charge in [0.1, 0.15) is 12.0 Å². The summed E-state index contributed by atoms with van der Waals surface area (Å²) < 4.78 is 11.4. The van der Waals surface area contributed by atoms with Crippen LogP contribution >= 0.6 is 0 Å². The fourth-order valence-electron chi connectivity index (χ4n) is 3.84. The Hall–Kier alpha value is -2.33. The molecule has 2 heterocycles. The molecule has 2 aliphatic heterocycles. The average molecular weight is 323 g/mol. The first kappa shape index (κ1) is 15.2. The number of carbonyl (C=O) groups excluding carboxylic acids is 1. The van der Waals surface area contributed by atoms with Crippen molar-refractivity contribution in [3.05, 3.63) is 65.7 Å². The fourth-order valence-corrected chi connectivity index (χ4v) is 3.84. The number of ether oxygens (including phenoxy) is 2. The summed E-state index contributed by atoms with van der Waals surface area (Å²) in [5.74, 6) is 1.21. The molecule has 0 N–H and O–H groups in total. The third kappa shape index (κ3) is 2.57. The zero-order chi connectivity index (χ0) is 16.5. The molecule has 0 saturated carbocycles. The monoisotopic (exact) mass is 323 g/mol. The molecule has 24 heavy (non-hydrogen) atoms. The fraction of sp³-hybridized carbons (Fsp3) is 0.350. The number of fused-ring (bicyclic) bond motifs is 1. The molecule has 0 spiro atoms. The van der Waals surface area contributed by atoms with E-state index in [4.69, 9.17) is 9.47 Å². The molecule has 2 saturated heterocycles. The van der Waals surface area contributed by atoms with Crippen LogP contribution in [-0.2, 0) is 9.53 Å². The van der Waals surface area contributed by atoms with E-state index in [0.29, 0.717) is 13.0 Å². The number of methoxy groups -OCH3 is 1. The van der Waals surface area contributed by atoms with Gasteiger partial charge in [0.15, 0.2) is 0 Å². The second-order valence-corrected chi connectivity index (χ2v) is 6.37. The number of carbonyl (C=O) groups is 1. The summed E-state index contributed by atoms with van der Waals surface area (Å²) in [6, 6.07) is 18.3. The predicted octanol–water partition coefficient (Wildman–Crippen LogP) is 3.50. The molecule has 2 fully saturated rings. The third-order valence-corrected chi connectivity index (χ3v) is 5.04. The first-order valence-corrected chi connectivity index (χ1v) is 8.39. The largest absolute Gasteiger partial charge is 0.497 e. The van der Waals surface area contributed by atoms with Gasteiger partial charge in [-0.25, -0.2) is 0 Å². The summed E-state index contributed by atoms with van der Waals surface area (Å²) in [5, 5.41) is 0. The molecule has 2 aromatic carbocycles. The van der Waals surface area contributed by atoms with E-state index in [0.717, 1.165) is 17.7 Å². The number of hydrogen-bond acceptors (Lipinski definition) is 3. The number of amides is 1. The highest BCUT2D eigenvalue weighted by Crippen LogP contribution is 2.43. The van der Waals surface area contributed by atoms with E-state index in [9.17, 15) is 4.79 Å². The minimum atomic E-state index is -0.191. The number of hydrogen-bond donors (Lipinski definition) is 0. The molecule has 0 aliphatic carbocycles. The number of piperidine rings is 1. The predicted molar refractivity (Wildman–Crippen MR) is 90.7 cm³/mol. The van der Waals surface area contributed by atoms with Crippen LogP contribution in [0.15, 0.2) is 54.6 Å². The minimum Gasteiger partial charge on any atom is -0.497 e. The molecule has 0 aromatic heterocycles. The highest BCUT2D eigenvalue weighted by atomic mass is 16.5. The highest BCUT2D eigenvalue weighted by molar-refractivity contribution is 5.78. The van der Waals surface area contributed by atoms with Crippen molar-refractivity contribution in [2.75, 3.05) is 13.7 Å². The second kappa shape index (κ2) is 6.29. The normalized spacial score (nSPS) is 26.3. The molecule has 1 amide bonds. The molecule has 3 atom stereocenters. The van der Waals surface area contributed by atoms with Crippen molar-refractivity contribution in [2.24, 2.45) is 0 Å². The second-order valence-electron chi connectivity index (χ2n) is 6.37. The van der Waals surface area contributed by atoms with Crippen molar-refractivity contribution >= 4 is 5.91 Å². The van der Waals surface area contributed by atoms with Crippen molar-refractivity contribution < 1.29 is 14.3 Å². The summed E-state index contributed by atoms with van der Waals surface area (Å²) in [6.07, 6.45) is 1.18. The quantitative estimate of drug-likeness (QED) is 0.868. The first-order chi connectivity index (χ1) is 11.8. The van der Waals surface area contributed by atoms with Gasteiger partial charge < -0.3 is 14.4 Å². The standard InChI is InChI=1S/C20H21NO3/c1-23-16-9-5-8-15(12-16)17-10-11-19(22)21-18(13-24-20(17)21)14-6-3-2-4-7-14/h2-9,12,17-18,20H,10-11,13H2,1H3/t17-,18+,20-/m0/s1. The number of nitrogens with zero attached hydrogens (tertiary/aromatic N) is 1. The van der Waals surface area contributed by atoms with E-state index in [2.05, 4.69) is 24.3 Å². The van der Waals surface area contributed by atoms with Gasteiger partial charge in [0, 0.05) is 12.3 Å². The van der Waals surface area contributed by atoms with Crippen molar-refractivity contribution in [3.63, 3.8) is 0 Å². The minimum absolute atomic E-state index is 0.0112. The molecular weight excluding hydrogens is 302 g/mol. The van der Waals surface area contributed by atoms with Gasteiger partial charge in [-0.2, -0.15) is 0 Å². The van der Waals surface area contributed by atoms with E-state index in [-0.39, 0.29) is 24.1 Å². The average Bonchev–Trinajstić information content (AvgIpc) is 3.09. The first-order valence-electron chi connectivity index (χ1n) is 8.39. The lowest BCUT2D eigenvalue weighted by Gasteiger charge is -2.38. The Bertz CT molecular complexity index is 731. The van der Waals surface area contributed by atoms with E-state index in [1.807, 2.05) is 35.2 Å². The zero-order valence-corrected chi connectivity index (χ0v) is 13.7. The van der Waals surface area contributed by atoms with Crippen LogP contribution in [0.4, 0.5) is 0 Å². The van der Waals surface area contributed by atoms with Gasteiger partial charge in [-0.05, 0) is 29.7 Å². The Morgan fingerprint density at radius 1 is 1.08 bits per heavy atom. The van der Waals surface area contributed by atoms with Crippen LogP contribution in [0.1, 0.15) is 35.9 Å². The Kier molecular flexibility index (Phi) is 3.98. The van der Waals surface area contributed by atoms with E-state index in [1.165, 1.54) is 5.56 Å². The van der Waals surface area contributed by atoms with Crippen LogP contribution in [0.3, 0.4) is 0 Å². The van der Waals surface area contributed by atoms with Gasteiger partial charge in [-0.1, -0.05) is 42.5 Å². The van der Waals surface area contributed by atoms with E-state index >= 15 is 0 Å². The maximum absolute atomic E-state index is 12.6. The molecule has 4 rings (SSSR count). The van der Waals surface area contributed by atoms with Crippen LogP contribution in [-0.4, -0.2) is 30.8 Å². The summed E-state index contributed by atoms with van der Waals surface area (Å²) >= 11 is 0. The highest BCUT2D eigenvalue weighted by Gasteiger charge is 2.46. The van der Waals surface area contributed by atoms with Crippen molar-refractivity contribution in [1.29, 1.82) is 0 Å². The Morgan fingerprint density at radius 3 is 2.67 bits per heavy atom. The maximum atomic E-state index is 12.6. The Labute approximate surface area is 142 Å². The van der Waals surface area contributed by atoms with E-state index < -0.39 is 0 Å². The van der Waals surface area contributed by atoms with Crippen LogP contribution in [0.2, 0.25) is 0 Å². The van der Waals surface area contributed by atoms with Gasteiger partial charge in [0.2, 0.25) is 5.91 Å². The zero-order valence-electron chi connectivity index (χ0n) is 13.7. The molecule has 2 aromatic rings. The van der Waals surface area contributed by atoms with Gasteiger partial charge in [-0.3, -0.25) is 4.79 Å². The molecule has 124 valence electrons. The van der Waals surface area contributed by atoms with Gasteiger partial charge in [0.05, 0.1) is 19.8 Å². The Balaban J connectivity index is 1.65. The van der Waals surface area contributed by atoms with Crippen LogP contribution in [0.5, 0.6) is 5.75 Å². The number of rotatable bonds is 3. The summed E-state index contributed by atoms with van der Waals surface area (Å²) in [5.41, 5.74) is 2.31. The lowest BCUT2D eigenvalue weighted by Crippen LogP contribution is -2.45. The molecule has 0 radical (unpaired) electrons. The Morgan fingerprint density at radius 2 is 1.88 bits per heavy atom. The lowest BCUT2D eigenvalue weighted by atomic mass is 9.87. The van der Waals surface area contributed by atoms with Crippen molar-refractivity contribution in [2.45, 2.75) is 31.0 Å². The summed E-state index contributed by atoms with van der Waals surface area (Å²) in [4.78, 5) is 14.5. The SMILES string of the molecule is COc1cccc([C@@H]2CCC(=O)N3[C@@H](c4ccccc4)CO[C@@H]23)c1. The molecular formula is C20H21NO3. The third-order valence-electron chi connectivity index (χ3n) is 5.04. The molecule has 0 bridgehead atoms. The van der Waals surface area contributed by atoms with Crippen molar-refractivity contribution in [1.82, 2.24) is 4.90 Å². The molecule has 4 heteroatoms. The lowest BCUT2D eigenvalue weighted by molar-refractivity contribution is -0.144. The van der Waals surface area contributed by atoms with Crippen LogP contribution in [0, 0.1) is 0 Å². The number of benzene rings is 2. The van der Waals surface area contributed by atoms with Gasteiger partial charge in [0.25, 0.3) is 0 Å². The maximum Gasteiger partial charge on any atom is 0.225 e. The van der Waals surface area contributed by atoms with Crippen LogP contribution in [0.25, 0.3) is 0 Å². The summed E-state index contributed by atoms with van der Waals surface area (Å²) in [7, 11) is 1.67. The van der Waals surface area contributed by atoms with Crippen LogP contribution < -0.4 is 4.74 Å². The molecule has 0 unspecified atom stereocenters. The van der Waals surface area contributed by atoms with Gasteiger partial charge in [-0.15, -0.1) is 0 Å². The molecule has 2 aliphatic rings. The van der Waals surface area contributed by atoms with E-state index in [1.54, 1.807) is 7.11 Å². The molecule has 4 nitrogen and oxygen atoms in total. The van der Waals surface area contributed by atoms with Crippen molar-refractivity contribution in [3.8, 4) is 5.75 Å². The smallest absolute Gasteiger partial charge is 0.225 e. The summed E-state index contributed by atoms with van der Waals surface area (Å²) in [6.45, 7) is 0.556.